The van der Waals surface area contributed by atoms with Gasteiger partial charge in [0.05, 0.1) is 10.6 Å². The van der Waals surface area contributed by atoms with Crippen molar-refractivity contribution in [3.05, 3.63) is 22.8 Å². The quantitative estimate of drug-likeness (QED) is 0.802. The molecule has 0 saturated heterocycles. The van der Waals surface area contributed by atoms with Crippen molar-refractivity contribution in [1.29, 1.82) is 0 Å². The second-order valence-corrected chi connectivity index (χ2v) is 5.43. The molecule has 0 aliphatic heterocycles. The van der Waals surface area contributed by atoms with Gasteiger partial charge in [-0.15, -0.1) is 0 Å². The summed E-state index contributed by atoms with van der Waals surface area (Å²) in [7, 11) is 0. The van der Waals surface area contributed by atoms with E-state index in [-0.39, 0.29) is 10.8 Å². The first-order valence-electron chi connectivity index (χ1n) is 6.40. The number of aromatic nitrogens is 1. The number of rotatable bonds is 2. The van der Waals surface area contributed by atoms with Gasteiger partial charge >= 0.3 is 6.18 Å². The molecule has 0 radical (unpaired) electrons. The molecule has 0 amide bonds. The minimum absolute atomic E-state index is 0.0895. The van der Waals surface area contributed by atoms with Crippen molar-refractivity contribution < 1.29 is 13.2 Å². The van der Waals surface area contributed by atoms with E-state index in [0.29, 0.717) is 5.92 Å². The summed E-state index contributed by atoms with van der Waals surface area (Å²) in [4.78, 5) is 3.67. The molecule has 0 unspecified atom stereocenters. The minimum atomic E-state index is -4.44. The van der Waals surface area contributed by atoms with Crippen LogP contribution in [0.4, 0.5) is 19.0 Å². The van der Waals surface area contributed by atoms with Crippen LogP contribution >= 0.6 is 11.6 Å². The number of hydrogen-bond acceptors (Lipinski definition) is 3. The Balaban J connectivity index is 2.05. The average Bonchev–Trinajstić information content (AvgIpc) is 2.38. The smallest absolute Gasteiger partial charge is 0.260 e. The van der Waals surface area contributed by atoms with Crippen LogP contribution in [0.5, 0.6) is 0 Å². The molecule has 0 spiro atoms. The third-order valence-corrected chi connectivity index (χ3v) is 3.63. The van der Waals surface area contributed by atoms with Gasteiger partial charge in [0.15, 0.2) is 5.82 Å². The number of hydrogen-bond donors (Lipinski definition) is 1. The highest BCUT2D eigenvalue weighted by molar-refractivity contribution is 6.32. The highest BCUT2D eigenvalue weighted by Crippen LogP contribution is 2.32. The van der Waals surface area contributed by atoms with Gasteiger partial charge in [0, 0.05) is 11.9 Å². The van der Waals surface area contributed by atoms with Gasteiger partial charge in [-0.25, -0.2) is 4.98 Å². The van der Waals surface area contributed by atoms with E-state index in [0.717, 1.165) is 43.7 Å². The Hall–Kier alpha value is -1.30. The van der Waals surface area contributed by atoms with Gasteiger partial charge in [0.25, 0.3) is 0 Å². The molecule has 0 atom stereocenters. The molecule has 110 valence electrons. The monoisotopic (exact) mass is 305 g/mol. The number of nitrogens with one attached hydrogen (secondary N) is 1. The Bertz CT molecular complexity index is 504. The van der Waals surface area contributed by atoms with Gasteiger partial charge in [0.1, 0.15) is 0 Å². The van der Waals surface area contributed by atoms with Crippen LogP contribution in [-0.4, -0.2) is 10.7 Å². The van der Waals surface area contributed by atoms with Gasteiger partial charge in [-0.1, -0.05) is 18.5 Å². The third-order valence-electron chi connectivity index (χ3n) is 3.34. The Morgan fingerprint density at radius 1 is 1.35 bits per heavy atom. The highest BCUT2D eigenvalue weighted by Gasteiger charge is 2.31. The fourth-order valence-electron chi connectivity index (χ4n) is 2.01. The molecule has 3 nitrogen and oxygen atoms in total. The summed E-state index contributed by atoms with van der Waals surface area (Å²) in [5.74, 6) is 0.840. The second kappa shape index (κ2) is 5.99. The first-order valence-corrected chi connectivity index (χ1v) is 6.78. The highest BCUT2D eigenvalue weighted by atomic mass is 35.5. The molecule has 20 heavy (non-hydrogen) atoms. The summed E-state index contributed by atoms with van der Waals surface area (Å²) < 4.78 is 37.4. The van der Waals surface area contributed by atoms with Crippen molar-refractivity contribution in [2.45, 2.75) is 38.8 Å². The maximum Gasteiger partial charge on any atom is 0.417 e. The maximum absolute atomic E-state index is 12.5. The van der Waals surface area contributed by atoms with Crippen molar-refractivity contribution in [2.75, 3.05) is 5.43 Å². The lowest BCUT2D eigenvalue weighted by atomic mass is 9.90. The van der Waals surface area contributed by atoms with Crippen molar-refractivity contribution in [3.63, 3.8) is 0 Å². The molecule has 1 aliphatic carbocycles. The van der Waals surface area contributed by atoms with Gasteiger partial charge in [-0.05, 0) is 37.7 Å². The molecular weight excluding hydrogens is 291 g/mol. The van der Waals surface area contributed by atoms with E-state index in [2.05, 4.69) is 22.4 Å². The van der Waals surface area contributed by atoms with Gasteiger partial charge in [-0.3, -0.25) is 5.43 Å². The van der Waals surface area contributed by atoms with Crippen LogP contribution in [0.3, 0.4) is 0 Å². The molecule has 1 aromatic heterocycles. The second-order valence-electron chi connectivity index (χ2n) is 5.02. The molecule has 1 aromatic rings. The van der Waals surface area contributed by atoms with Crippen LogP contribution < -0.4 is 5.43 Å². The lowest BCUT2D eigenvalue weighted by Crippen LogP contribution is -2.13. The lowest BCUT2D eigenvalue weighted by Gasteiger charge is -2.19. The number of anilines is 1. The van der Waals surface area contributed by atoms with E-state index in [1.54, 1.807) is 0 Å². The van der Waals surface area contributed by atoms with Crippen LogP contribution in [0.25, 0.3) is 0 Å². The van der Waals surface area contributed by atoms with E-state index in [4.69, 9.17) is 11.6 Å². The summed E-state index contributed by atoms with van der Waals surface area (Å²) in [6, 6.07) is 0.847. The molecule has 0 bridgehead atoms. The van der Waals surface area contributed by atoms with E-state index in [9.17, 15) is 13.2 Å². The summed E-state index contributed by atoms with van der Waals surface area (Å²) in [6.07, 6.45) is 0.250. The summed E-state index contributed by atoms with van der Waals surface area (Å²) in [6.45, 7) is 2.19. The zero-order valence-corrected chi connectivity index (χ0v) is 11.7. The lowest BCUT2D eigenvalue weighted by molar-refractivity contribution is -0.137. The Kier molecular flexibility index (Phi) is 4.52. The predicted molar refractivity (Wildman–Crippen MR) is 72.9 cm³/mol. The third kappa shape index (κ3) is 3.85. The predicted octanol–water partition coefficient (Wildman–Crippen LogP) is 4.73. The molecular formula is C13H15ClF3N3. The van der Waals surface area contributed by atoms with E-state index in [1.165, 1.54) is 0 Å². The number of hydrazone groups is 1. The number of alkyl halides is 3. The van der Waals surface area contributed by atoms with Crippen molar-refractivity contribution in [2.24, 2.45) is 11.0 Å². The molecule has 1 aliphatic rings. The molecule has 1 fully saturated rings. The van der Waals surface area contributed by atoms with Crippen molar-refractivity contribution in [1.82, 2.24) is 4.98 Å². The largest absolute Gasteiger partial charge is 0.417 e. The molecule has 7 heteroatoms. The van der Waals surface area contributed by atoms with Crippen molar-refractivity contribution in [3.8, 4) is 0 Å². The molecule has 1 heterocycles. The van der Waals surface area contributed by atoms with Crippen LogP contribution in [0, 0.1) is 5.92 Å². The number of halogens is 4. The molecule has 0 aromatic carbocycles. The average molecular weight is 306 g/mol. The summed E-state index contributed by atoms with van der Waals surface area (Å²) in [5, 5.41) is 4.09. The van der Waals surface area contributed by atoms with Crippen molar-refractivity contribution >= 4 is 23.1 Å². The van der Waals surface area contributed by atoms with E-state index in [1.807, 2.05) is 0 Å². The standard InChI is InChI=1S/C13H15ClF3N3/c1-8-2-4-10(5-3-8)19-20-12-11(14)6-9(7-18-12)13(15,16)17/h6-8H,2-5H2,1H3,(H,18,20). The van der Waals surface area contributed by atoms with Crippen LogP contribution in [0.15, 0.2) is 17.4 Å². The number of nitrogens with zero attached hydrogens (tertiary/aromatic N) is 2. The van der Waals surface area contributed by atoms with Crippen LogP contribution in [0.2, 0.25) is 5.02 Å². The normalized spacial score (nSPS) is 19.9. The van der Waals surface area contributed by atoms with Gasteiger partial charge in [-0.2, -0.15) is 18.3 Å². The maximum atomic E-state index is 12.5. The summed E-state index contributed by atoms with van der Waals surface area (Å²) >= 11 is 5.78. The summed E-state index contributed by atoms with van der Waals surface area (Å²) in [5.41, 5.74) is 2.79. The Morgan fingerprint density at radius 2 is 2.00 bits per heavy atom. The topological polar surface area (TPSA) is 37.3 Å². The van der Waals surface area contributed by atoms with Crippen LogP contribution in [0.1, 0.15) is 38.2 Å². The fraction of sp³-hybridized carbons (Fsp3) is 0.538. The molecule has 1 N–H and O–H groups in total. The molecule has 2 rings (SSSR count). The fourth-order valence-corrected chi connectivity index (χ4v) is 2.22. The molecule has 1 saturated carbocycles. The van der Waals surface area contributed by atoms with Gasteiger partial charge in [0.2, 0.25) is 0 Å². The first kappa shape index (κ1) is 15.1. The number of pyridine rings is 1. The minimum Gasteiger partial charge on any atom is -0.260 e. The zero-order chi connectivity index (χ0) is 14.8. The Labute approximate surface area is 120 Å². The van der Waals surface area contributed by atoms with E-state index >= 15 is 0 Å². The van der Waals surface area contributed by atoms with Gasteiger partial charge < -0.3 is 0 Å². The first-order chi connectivity index (χ1) is 9.36. The SMILES string of the molecule is CC1CCC(=NNc2ncc(C(F)(F)F)cc2Cl)CC1. The zero-order valence-electron chi connectivity index (χ0n) is 11.0. The van der Waals surface area contributed by atoms with E-state index < -0.39 is 11.7 Å². The Morgan fingerprint density at radius 3 is 2.55 bits per heavy atom. The van der Waals surface area contributed by atoms with Crippen LogP contribution in [-0.2, 0) is 6.18 Å².